The van der Waals surface area contributed by atoms with Gasteiger partial charge in [0.05, 0.1) is 11.3 Å². The van der Waals surface area contributed by atoms with Crippen molar-refractivity contribution in [2.24, 2.45) is 11.1 Å². The van der Waals surface area contributed by atoms with E-state index in [0.29, 0.717) is 12.8 Å². The van der Waals surface area contributed by atoms with E-state index in [4.69, 9.17) is 11.5 Å². The Morgan fingerprint density at radius 2 is 1.80 bits per heavy atom. The molecule has 3 N–H and O–H groups in total. The van der Waals surface area contributed by atoms with E-state index < -0.39 is 17.2 Å². The maximum atomic E-state index is 10.4. The fourth-order valence-corrected chi connectivity index (χ4v) is 0.710. The summed E-state index contributed by atoms with van der Waals surface area (Å²) >= 11 is 0. The molecule has 0 heterocycles. The summed E-state index contributed by atoms with van der Waals surface area (Å²) in [6.45, 7) is 0. The molecule has 1 fully saturated rings. The molecule has 1 aliphatic carbocycles. The minimum atomic E-state index is -1.08. The summed E-state index contributed by atoms with van der Waals surface area (Å²) in [5.41, 5.74) is 10.4. The van der Waals surface area contributed by atoms with Gasteiger partial charge in [0.15, 0.2) is 0 Å². The van der Waals surface area contributed by atoms with Gasteiger partial charge in [0.2, 0.25) is 5.91 Å². The van der Waals surface area contributed by atoms with Crippen molar-refractivity contribution >= 4 is 11.8 Å². The molecular formula is C5H7LiN2O2. The summed E-state index contributed by atoms with van der Waals surface area (Å²) in [4.78, 5) is 20.7. The van der Waals surface area contributed by atoms with Crippen molar-refractivity contribution in [3.63, 3.8) is 0 Å². The van der Waals surface area contributed by atoms with Gasteiger partial charge in [-0.3, -0.25) is 4.79 Å². The third-order valence-corrected chi connectivity index (χ3v) is 1.66. The number of amides is 2. The Hall–Kier alpha value is -0.463. The Labute approximate surface area is 70.5 Å². The Bertz CT molecular complexity index is 160. The normalized spacial score (nSPS) is 18.8. The first-order chi connectivity index (χ1) is 4.09. The second kappa shape index (κ2) is 2.65. The molecule has 10 heavy (non-hydrogen) atoms. The number of nitrogens with two attached hydrogens (primary N) is 1. The average Bonchev–Trinajstić information content (AvgIpc) is 2.40. The minimum Gasteiger partial charge on any atom is -0.667 e. The molecule has 2 amide bonds. The van der Waals surface area contributed by atoms with E-state index in [0.717, 1.165) is 0 Å². The molecule has 0 aromatic heterocycles. The number of hydrogen-bond donors (Lipinski definition) is 1. The molecule has 5 heteroatoms. The van der Waals surface area contributed by atoms with Crippen LogP contribution in [0.2, 0.25) is 0 Å². The number of carbonyl (C=O) groups is 2. The van der Waals surface area contributed by atoms with Crippen molar-refractivity contribution in [2.45, 2.75) is 12.8 Å². The van der Waals surface area contributed by atoms with Gasteiger partial charge in [0.25, 0.3) is 0 Å². The molecule has 1 rings (SSSR count). The summed E-state index contributed by atoms with van der Waals surface area (Å²) < 4.78 is 0. The SMILES string of the molecule is [Li+].[NH-]C(=O)C1(C(N)=O)CC1. The Balaban J connectivity index is 0.000000810. The first-order valence-corrected chi connectivity index (χ1v) is 2.65. The van der Waals surface area contributed by atoms with Crippen molar-refractivity contribution < 1.29 is 28.4 Å². The predicted octanol–water partition coefficient (Wildman–Crippen LogP) is -3.17. The quantitative estimate of drug-likeness (QED) is 0.319. The first-order valence-electron chi connectivity index (χ1n) is 2.65. The third kappa shape index (κ3) is 1.18. The van der Waals surface area contributed by atoms with Crippen LogP contribution in [0.25, 0.3) is 5.73 Å². The summed E-state index contributed by atoms with van der Waals surface area (Å²) in [6.07, 6.45) is 0.926. The molecule has 0 aromatic carbocycles. The topological polar surface area (TPSA) is 84.0 Å². The summed E-state index contributed by atoms with van der Waals surface area (Å²) in [5, 5.41) is 0. The molecule has 4 nitrogen and oxygen atoms in total. The van der Waals surface area contributed by atoms with Crippen LogP contribution in [0.1, 0.15) is 12.8 Å². The Morgan fingerprint density at radius 3 is 1.80 bits per heavy atom. The van der Waals surface area contributed by atoms with Crippen LogP contribution in [-0.4, -0.2) is 11.8 Å². The molecule has 0 aromatic rings. The van der Waals surface area contributed by atoms with E-state index in [-0.39, 0.29) is 18.9 Å². The summed E-state index contributed by atoms with van der Waals surface area (Å²) in [7, 11) is 0. The van der Waals surface area contributed by atoms with Crippen molar-refractivity contribution in [1.82, 2.24) is 0 Å². The van der Waals surface area contributed by atoms with Crippen LogP contribution in [0.4, 0.5) is 0 Å². The second-order valence-electron chi connectivity index (χ2n) is 2.28. The van der Waals surface area contributed by atoms with E-state index in [2.05, 4.69) is 0 Å². The molecule has 0 bridgehead atoms. The molecule has 50 valence electrons. The number of hydrogen-bond acceptors (Lipinski definition) is 2. The monoisotopic (exact) mass is 134 g/mol. The standard InChI is InChI=1S/C5H8N2O2.Li/c6-3(8)5(1-2-5)4(7)9;/h1-2H2,(H4,6,7,8,9);/q;+1/p-1. The molecule has 0 saturated heterocycles. The fraction of sp³-hybridized carbons (Fsp3) is 0.600. The van der Waals surface area contributed by atoms with E-state index in [1.165, 1.54) is 0 Å². The van der Waals surface area contributed by atoms with Crippen molar-refractivity contribution in [3.8, 4) is 0 Å². The molecule has 0 unspecified atom stereocenters. The van der Waals surface area contributed by atoms with Gasteiger partial charge in [-0.2, -0.15) is 0 Å². The molecule has 0 atom stereocenters. The van der Waals surface area contributed by atoms with E-state index >= 15 is 0 Å². The zero-order valence-corrected chi connectivity index (χ0v) is 5.81. The maximum Gasteiger partial charge on any atom is 1.00 e. The number of primary amides is 1. The third-order valence-electron chi connectivity index (χ3n) is 1.66. The number of rotatable bonds is 2. The van der Waals surface area contributed by atoms with Crippen LogP contribution in [0.5, 0.6) is 0 Å². The van der Waals surface area contributed by atoms with Gasteiger partial charge in [0.1, 0.15) is 0 Å². The Morgan fingerprint density at radius 1 is 1.40 bits per heavy atom. The van der Waals surface area contributed by atoms with Crippen LogP contribution >= 0.6 is 0 Å². The molecule has 0 aliphatic heterocycles. The van der Waals surface area contributed by atoms with E-state index in [1.54, 1.807) is 0 Å². The van der Waals surface area contributed by atoms with Crippen LogP contribution in [-0.2, 0) is 9.59 Å². The predicted molar refractivity (Wildman–Crippen MR) is 30.2 cm³/mol. The van der Waals surface area contributed by atoms with Gasteiger partial charge in [-0.15, -0.1) is 0 Å². The smallest absolute Gasteiger partial charge is 0.667 e. The van der Waals surface area contributed by atoms with E-state index in [1.807, 2.05) is 0 Å². The van der Waals surface area contributed by atoms with Crippen LogP contribution < -0.4 is 24.6 Å². The fourth-order valence-electron chi connectivity index (χ4n) is 0.710. The maximum absolute atomic E-state index is 10.4. The van der Waals surface area contributed by atoms with E-state index in [9.17, 15) is 9.59 Å². The second-order valence-corrected chi connectivity index (χ2v) is 2.28. The number of nitrogens with one attached hydrogen (secondary N) is 1. The molecule has 1 aliphatic rings. The van der Waals surface area contributed by atoms with Crippen LogP contribution in [0.15, 0.2) is 0 Å². The summed E-state index contributed by atoms with van der Waals surface area (Å²) in [5.74, 6) is -1.49. The average molecular weight is 134 g/mol. The van der Waals surface area contributed by atoms with Gasteiger partial charge in [-0.1, -0.05) is 0 Å². The minimum absolute atomic E-state index is 0. The Kier molecular flexibility index (Phi) is 2.52. The van der Waals surface area contributed by atoms with Crippen LogP contribution in [0.3, 0.4) is 0 Å². The van der Waals surface area contributed by atoms with Crippen molar-refractivity contribution in [3.05, 3.63) is 5.73 Å². The molecular weight excluding hydrogens is 127 g/mol. The number of carbonyl (C=O) groups excluding carboxylic acids is 2. The van der Waals surface area contributed by atoms with Crippen molar-refractivity contribution in [2.75, 3.05) is 0 Å². The van der Waals surface area contributed by atoms with Gasteiger partial charge in [0, 0.05) is 0 Å². The summed E-state index contributed by atoms with van der Waals surface area (Å²) in [6, 6.07) is 0. The molecule has 0 radical (unpaired) electrons. The molecule has 1 saturated carbocycles. The van der Waals surface area contributed by atoms with Crippen molar-refractivity contribution in [1.29, 1.82) is 0 Å². The zero-order valence-electron chi connectivity index (χ0n) is 5.81. The largest absolute Gasteiger partial charge is 1.00 e. The van der Waals surface area contributed by atoms with Gasteiger partial charge in [-0.05, 0) is 12.8 Å². The van der Waals surface area contributed by atoms with Gasteiger partial charge in [-0.25, -0.2) is 0 Å². The first kappa shape index (κ1) is 9.54. The van der Waals surface area contributed by atoms with Gasteiger partial charge >= 0.3 is 18.9 Å². The van der Waals surface area contributed by atoms with Gasteiger partial charge < -0.3 is 16.3 Å². The zero-order chi connectivity index (χ0) is 7.07. The molecule has 0 spiro atoms. The van der Waals surface area contributed by atoms with Crippen LogP contribution in [0, 0.1) is 5.41 Å².